The van der Waals surface area contributed by atoms with Gasteiger partial charge < -0.3 is 10.5 Å². The number of hydrogen-bond acceptors (Lipinski definition) is 4. The van der Waals surface area contributed by atoms with Gasteiger partial charge in [-0.2, -0.15) is 0 Å². The topological polar surface area (TPSA) is 52.3 Å². The van der Waals surface area contributed by atoms with Crippen LogP contribution in [-0.4, -0.2) is 23.1 Å². The third-order valence-corrected chi connectivity index (χ3v) is 3.20. The quantitative estimate of drug-likeness (QED) is 0.833. The van der Waals surface area contributed by atoms with Crippen molar-refractivity contribution < 1.29 is 9.53 Å². The molecule has 0 saturated carbocycles. The zero-order chi connectivity index (χ0) is 13.6. The average Bonchev–Trinajstić information content (AvgIpc) is 2.27. The highest BCUT2D eigenvalue weighted by atomic mass is 32.2. The second-order valence-corrected chi connectivity index (χ2v) is 6.15. The first-order chi connectivity index (χ1) is 8.38. The Kier molecular flexibility index (Phi) is 5.69. The van der Waals surface area contributed by atoms with Crippen LogP contribution in [0.25, 0.3) is 0 Å². The van der Waals surface area contributed by atoms with Crippen LogP contribution >= 0.6 is 11.8 Å². The van der Waals surface area contributed by atoms with Crippen molar-refractivity contribution in [3.8, 4) is 0 Å². The zero-order valence-electron chi connectivity index (χ0n) is 11.2. The molecular weight excluding hydrogens is 246 g/mol. The Morgan fingerprint density at radius 2 is 1.94 bits per heavy atom. The molecule has 0 aromatic heterocycles. The highest BCUT2D eigenvalue weighted by Gasteiger charge is 2.16. The summed E-state index contributed by atoms with van der Waals surface area (Å²) in [7, 11) is 0. The van der Waals surface area contributed by atoms with Crippen molar-refractivity contribution in [1.82, 2.24) is 0 Å². The lowest BCUT2D eigenvalue weighted by Crippen LogP contribution is -2.25. The van der Waals surface area contributed by atoms with Crippen LogP contribution < -0.4 is 5.73 Å². The Labute approximate surface area is 113 Å². The predicted molar refractivity (Wildman–Crippen MR) is 76.5 cm³/mol. The van der Waals surface area contributed by atoms with Crippen molar-refractivity contribution in [1.29, 1.82) is 0 Å². The molecule has 0 aliphatic carbocycles. The number of rotatable bonds is 5. The summed E-state index contributed by atoms with van der Waals surface area (Å²) in [6.07, 6.45) is 0. The lowest BCUT2D eigenvalue weighted by molar-refractivity contribution is -0.151. The van der Waals surface area contributed by atoms with Gasteiger partial charge >= 0.3 is 5.97 Å². The van der Waals surface area contributed by atoms with Gasteiger partial charge in [0.2, 0.25) is 0 Å². The molecule has 18 heavy (non-hydrogen) atoms. The maximum absolute atomic E-state index is 11.5. The highest BCUT2D eigenvalue weighted by Crippen LogP contribution is 2.16. The number of esters is 1. The first-order valence-electron chi connectivity index (χ1n) is 5.98. The first kappa shape index (κ1) is 15.1. The molecular formula is C14H21NO2S. The predicted octanol–water partition coefficient (Wildman–Crippen LogP) is 2.76. The monoisotopic (exact) mass is 267 g/mol. The minimum Gasteiger partial charge on any atom is -0.459 e. The molecule has 3 nitrogen and oxygen atoms in total. The van der Waals surface area contributed by atoms with Crippen molar-refractivity contribution in [2.75, 3.05) is 11.5 Å². The molecule has 0 aliphatic heterocycles. The normalized spacial score (nSPS) is 13.1. The van der Waals surface area contributed by atoms with E-state index < -0.39 is 5.60 Å². The molecule has 0 amide bonds. The van der Waals surface area contributed by atoms with Gasteiger partial charge in [-0.3, -0.25) is 4.79 Å². The lowest BCUT2D eigenvalue weighted by atomic mass is 10.1. The van der Waals surface area contributed by atoms with E-state index in [0.29, 0.717) is 11.5 Å². The lowest BCUT2D eigenvalue weighted by Gasteiger charge is -2.19. The van der Waals surface area contributed by atoms with Crippen LogP contribution in [0.4, 0.5) is 0 Å². The molecule has 1 atom stereocenters. The molecule has 0 radical (unpaired) electrons. The van der Waals surface area contributed by atoms with E-state index in [1.165, 1.54) is 11.8 Å². The van der Waals surface area contributed by atoms with E-state index in [9.17, 15) is 4.79 Å². The fourth-order valence-electron chi connectivity index (χ4n) is 1.44. The van der Waals surface area contributed by atoms with Crippen molar-refractivity contribution in [2.45, 2.75) is 32.4 Å². The highest BCUT2D eigenvalue weighted by molar-refractivity contribution is 7.99. The molecule has 2 N–H and O–H groups in total. The van der Waals surface area contributed by atoms with Crippen LogP contribution in [0.3, 0.4) is 0 Å². The van der Waals surface area contributed by atoms with Gasteiger partial charge in [-0.25, -0.2) is 0 Å². The van der Waals surface area contributed by atoms with Gasteiger partial charge in [0.15, 0.2) is 0 Å². The Morgan fingerprint density at radius 3 is 2.50 bits per heavy atom. The van der Waals surface area contributed by atoms with Crippen LogP contribution in [0.2, 0.25) is 0 Å². The third kappa shape index (κ3) is 6.07. The van der Waals surface area contributed by atoms with Crippen molar-refractivity contribution >= 4 is 17.7 Å². The number of benzene rings is 1. The molecule has 1 aromatic carbocycles. The maximum atomic E-state index is 11.5. The van der Waals surface area contributed by atoms with Gasteiger partial charge in [0.25, 0.3) is 0 Å². The van der Waals surface area contributed by atoms with Crippen LogP contribution in [0.1, 0.15) is 32.4 Å². The smallest absolute Gasteiger partial charge is 0.316 e. The minimum atomic E-state index is -0.417. The van der Waals surface area contributed by atoms with E-state index in [-0.39, 0.29) is 12.0 Å². The Hall–Kier alpha value is -1.00. The van der Waals surface area contributed by atoms with E-state index in [2.05, 4.69) is 0 Å². The Bertz CT molecular complexity index is 373. The molecule has 1 rings (SSSR count). The fourth-order valence-corrected chi connectivity index (χ4v) is 2.23. The summed E-state index contributed by atoms with van der Waals surface area (Å²) >= 11 is 1.51. The molecule has 0 spiro atoms. The summed E-state index contributed by atoms with van der Waals surface area (Å²) in [6.45, 7) is 5.60. The summed E-state index contributed by atoms with van der Waals surface area (Å²) in [4.78, 5) is 11.5. The molecule has 0 fully saturated rings. The average molecular weight is 267 g/mol. The number of carbonyl (C=O) groups is 1. The van der Waals surface area contributed by atoms with E-state index in [0.717, 1.165) is 5.56 Å². The number of thioether (sulfide) groups is 1. The maximum Gasteiger partial charge on any atom is 0.316 e. The summed E-state index contributed by atoms with van der Waals surface area (Å²) < 4.78 is 5.22. The van der Waals surface area contributed by atoms with Crippen LogP contribution in [0.5, 0.6) is 0 Å². The van der Waals surface area contributed by atoms with E-state index in [1.54, 1.807) is 0 Å². The van der Waals surface area contributed by atoms with Gasteiger partial charge in [0, 0.05) is 11.8 Å². The second kappa shape index (κ2) is 6.81. The van der Waals surface area contributed by atoms with Gasteiger partial charge in [0.05, 0.1) is 5.75 Å². The number of hydrogen-bond donors (Lipinski definition) is 1. The van der Waals surface area contributed by atoms with Crippen LogP contribution in [0.15, 0.2) is 30.3 Å². The zero-order valence-corrected chi connectivity index (χ0v) is 12.0. The fraction of sp³-hybridized carbons (Fsp3) is 0.500. The summed E-state index contributed by atoms with van der Waals surface area (Å²) in [5, 5.41) is 0. The molecule has 4 heteroatoms. The molecule has 1 aromatic rings. The van der Waals surface area contributed by atoms with Crippen molar-refractivity contribution in [3.05, 3.63) is 35.9 Å². The number of carbonyl (C=O) groups excluding carboxylic acids is 1. The standard InChI is InChI=1S/C14H21NO2S/c1-14(2,3)17-13(16)10-18-9-12(15)11-7-5-4-6-8-11/h4-8,12H,9-10,15H2,1-3H3. The Balaban J connectivity index is 2.28. The first-order valence-corrected chi connectivity index (χ1v) is 7.14. The van der Waals surface area contributed by atoms with E-state index in [4.69, 9.17) is 10.5 Å². The van der Waals surface area contributed by atoms with Gasteiger partial charge in [-0.15, -0.1) is 11.8 Å². The molecule has 0 aliphatic rings. The minimum absolute atomic E-state index is 0.0429. The van der Waals surface area contributed by atoms with Crippen molar-refractivity contribution in [2.24, 2.45) is 5.73 Å². The molecule has 100 valence electrons. The molecule has 0 heterocycles. The Morgan fingerprint density at radius 1 is 1.33 bits per heavy atom. The summed E-state index contributed by atoms with van der Waals surface area (Å²) in [5.41, 5.74) is 6.71. The molecule has 0 bridgehead atoms. The van der Waals surface area contributed by atoms with Crippen LogP contribution in [-0.2, 0) is 9.53 Å². The van der Waals surface area contributed by atoms with E-state index in [1.807, 2.05) is 51.1 Å². The van der Waals surface area contributed by atoms with E-state index >= 15 is 0 Å². The summed E-state index contributed by atoms with van der Waals surface area (Å²) in [6, 6.07) is 9.85. The van der Waals surface area contributed by atoms with Gasteiger partial charge in [-0.1, -0.05) is 30.3 Å². The van der Waals surface area contributed by atoms with Crippen molar-refractivity contribution in [3.63, 3.8) is 0 Å². The SMILES string of the molecule is CC(C)(C)OC(=O)CSCC(N)c1ccccc1. The summed E-state index contributed by atoms with van der Waals surface area (Å²) in [5.74, 6) is 0.869. The van der Waals surface area contributed by atoms with Gasteiger partial charge in [0.1, 0.15) is 5.60 Å². The third-order valence-electron chi connectivity index (χ3n) is 2.17. The molecule has 0 saturated heterocycles. The van der Waals surface area contributed by atoms with Gasteiger partial charge in [-0.05, 0) is 26.3 Å². The number of nitrogens with two attached hydrogens (primary N) is 1. The van der Waals surface area contributed by atoms with Crippen LogP contribution in [0, 0.1) is 0 Å². The largest absolute Gasteiger partial charge is 0.459 e. The second-order valence-electron chi connectivity index (χ2n) is 5.12. The number of ether oxygens (including phenoxy) is 1. The molecule has 1 unspecified atom stereocenters.